The van der Waals surface area contributed by atoms with Crippen molar-refractivity contribution < 1.29 is 0 Å². The fourth-order valence-electron chi connectivity index (χ4n) is 1.18. The van der Waals surface area contributed by atoms with Gasteiger partial charge in [0.1, 0.15) is 0 Å². The van der Waals surface area contributed by atoms with E-state index in [1.807, 2.05) is 0 Å². The zero-order chi connectivity index (χ0) is 8.69. The van der Waals surface area contributed by atoms with Crippen LogP contribution in [0.2, 0.25) is 0 Å². The summed E-state index contributed by atoms with van der Waals surface area (Å²) in [5.41, 5.74) is 5.64. The van der Waals surface area contributed by atoms with Crippen molar-refractivity contribution in [3.05, 3.63) is 0 Å². The van der Waals surface area contributed by atoms with Gasteiger partial charge in [-0.15, -0.1) is 0 Å². The summed E-state index contributed by atoms with van der Waals surface area (Å²) in [6.45, 7) is 10.0. The molecule has 1 unspecified atom stereocenters. The Labute approximate surface area is 83.0 Å². The summed E-state index contributed by atoms with van der Waals surface area (Å²) in [4.78, 5) is 2.43. The molecule has 0 spiro atoms. The Balaban J connectivity index is -0.000000500. The van der Waals surface area contributed by atoms with Gasteiger partial charge in [-0.2, -0.15) is 0 Å². The third-order valence-electron chi connectivity index (χ3n) is 2.03. The Bertz CT molecular complexity index is 81.7. The molecule has 0 radical (unpaired) electrons. The summed E-state index contributed by atoms with van der Waals surface area (Å²) >= 11 is 0. The van der Waals surface area contributed by atoms with Crippen molar-refractivity contribution in [1.29, 1.82) is 0 Å². The summed E-state index contributed by atoms with van der Waals surface area (Å²) in [7, 11) is 0. The first-order valence-electron chi connectivity index (χ1n) is 4.68. The van der Waals surface area contributed by atoms with Gasteiger partial charge in [-0.25, -0.2) is 0 Å². The van der Waals surface area contributed by atoms with Gasteiger partial charge >= 0.3 is 0 Å². The van der Waals surface area contributed by atoms with Crippen molar-refractivity contribution in [3.8, 4) is 0 Å². The minimum atomic E-state index is 0. The highest BCUT2D eigenvalue weighted by Gasteiger charge is 1.99. The van der Waals surface area contributed by atoms with E-state index in [-0.39, 0.29) is 12.3 Å². The molecular weight excluding hydrogens is 164 g/mol. The summed E-state index contributed by atoms with van der Waals surface area (Å²) < 4.78 is 0. The van der Waals surface area contributed by atoms with Gasteiger partial charge in [0.15, 0.2) is 0 Å². The van der Waals surface area contributed by atoms with Crippen LogP contribution in [0.5, 0.6) is 0 Å². The van der Waals surface area contributed by atoms with Crippen molar-refractivity contribution in [3.63, 3.8) is 0 Å². The lowest BCUT2D eigenvalue weighted by Crippen LogP contribution is -2.25. The lowest BCUT2D eigenvalue weighted by molar-refractivity contribution is 0.294. The monoisotopic (exact) mass is 192 g/mol. The average molecular weight is 192 g/mol. The van der Waals surface area contributed by atoms with Gasteiger partial charge in [-0.05, 0) is 39.4 Å². The van der Waals surface area contributed by atoms with Gasteiger partial charge < -0.3 is 22.9 Å². The van der Waals surface area contributed by atoms with Crippen molar-refractivity contribution >= 4 is 0 Å². The maximum absolute atomic E-state index is 5.64. The van der Waals surface area contributed by atoms with E-state index in [1.54, 1.807) is 0 Å². The lowest BCUT2D eigenvalue weighted by Gasteiger charge is -2.17. The SMILES string of the molecule is CCN(CC)CCCC(C)N.N.N. The zero-order valence-electron chi connectivity index (χ0n) is 9.55. The van der Waals surface area contributed by atoms with Crippen LogP contribution in [0.1, 0.15) is 33.6 Å². The van der Waals surface area contributed by atoms with Gasteiger partial charge in [0.05, 0.1) is 0 Å². The van der Waals surface area contributed by atoms with E-state index in [1.165, 1.54) is 13.0 Å². The number of nitrogens with two attached hydrogens (primary N) is 1. The average Bonchev–Trinajstić information content (AvgIpc) is 1.98. The maximum atomic E-state index is 5.64. The molecule has 0 aliphatic rings. The van der Waals surface area contributed by atoms with Crippen LogP contribution >= 0.6 is 0 Å². The van der Waals surface area contributed by atoms with Crippen LogP contribution in [0, 0.1) is 0 Å². The Hall–Kier alpha value is -0.160. The largest absolute Gasteiger partial charge is 0.344 e. The highest BCUT2D eigenvalue weighted by molar-refractivity contribution is 4.57. The molecule has 0 heterocycles. The van der Waals surface area contributed by atoms with Crippen LogP contribution in [-0.2, 0) is 0 Å². The topological polar surface area (TPSA) is 99.3 Å². The summed E-state index contributed by atoms with van der Waals surface area (Å²) in [5.74, 6) is 0. The highest BCUT2D eigenvalue weighted by atomic mass is 15.1. The molecule has 13 heavy (non-hydrogen) atoms. The molecule has 0 aromatic heterocycles. The van der Waals surface area contributed by atoms with E-state index in [9.17, 15) is 0 Å². The molecule has 0 saturated carbocycles. The smallest absolute Gasteiger partial charge is 0.00109 e. The Morgan fingerprint density at radius 2 is 1.62 bits per heavy atom. The second-order valence-corrected chi connectivity index (χ2v) is 3.15. The molecule has 0 aromatic carbocycles. The molecule has 0 bridgehead atoms. The van der Waals surface area contributed by atoms with Crippen molar-refractivity contribution in [2.24, 2.45) is 5.73 Å². The predicted molar refractivity (Wildman–Crippen MR) is 60.7 cm³/mol. The molecule has 4 nitrogen and oxygen atoms in total. The van der Waals surface area contributed by atoms with Gasteiger partial charge in [0.2, 0.25) is 0 Å². The summed E-state index contributed by atoms with van der Waals surface area (Å²) in [5, 5.41) is 0. The van der Waals surface area contributed by atoms with Crippen LogP contribution in [0.4, 0.5) is 0 Å². The maximum Gasteiger partial charge on any atom is 0.00109 e. The number of hydrogen-bond donors (Lipinski definition) is 3. The van der Waals surface area contributed by atoms with Crippen LogP contribution < -0.4 is 18.0 Å². The molecule has 0 amide bonds. The zero-order valence-corrected chi connectivity index (χ0v) is 9.55. The Morgan fingerprint density at radius 1 is 1.15 bits per heavy atom. The van der Waals surface area contributed by atoms with Crippen molar-refractivity contribution in [1.82, 2.24) is 17.2 Å². The van der Waals surface area contributed by atoms with E-state index in [0.29, 0.717) is 6.04 Å². The lowest BCUT2D eigenvalue weighted by atomic mass is 10.2. The Kier molecular flexibility index (Phi) is 16.9. The molecule has 0 aliphatic heterocycles. The van der Waals surface area contributed by atoms with Crippen molar-refractivity contribution in [2.75, 3.05) is 19.6 Å². The molecular formula is C9H28N4. The van der Waals surface area contributed by atoms with Gasteiger partial charge in [-0.1, -0.05) is 13.8 Å². The summed E-state index contributed by atoms with van der Waals surface area (Å²) in [6, 6.07) is 0.366. The fraction of sp³-hybridized carbons (Fsp3) is 1.00. The third-order valence-corrected chi connectivity index (χ3v) is 2.03. The second kappa shape index (κ2) is 11.8. The quantitative estimate of drug-likeness (QED) is 0.597. The fourth-order valence-corrected chi connectivity index (χ4v) is 1.18. The van der Waals surface area contributed by atoms with Crippen LogP contribution in [0.15, 0.2) is 0 Å². The number of hydrogen-bond acceptors (Lipinski definition) is 4. The van der Waals surface area contributed by atoms with E-state index in [2.05, 4.69) is 25.7 Å². The third kappa shape index (κ3) is 11.8. The van der Waals surface area contributed by atoms with Crippen LogP contribution in [0.3, 0.4) is 0 Å². The molecule has 1 atom stereocenters. The first-order valence-corrected chi connectivity index (χ1v) is 4.68. The molecule has 84 valence electrons. The van der Waals surface area contributed by atoms with Gasteiger partial charge in [0.25, 0.3) is 0 Å². The Morgan fingerprint density at radius 3 is 1.92 bits per heavy atom. The van der Waals surface area contributed by atoms with Crippen molar-refractivity contribution in [2.45, 2.75) is 39.7 Å². The molecule has 0 saturated heterocycles. The first kappa shape index (κ1) is 18.6. The minimum Gasteiger partial charge on any atom is -0.344 e. The molecule has 0 aromatic rings. The van der Waals surface area contributed by atoms with Crippen LogP contribution in [0.25, 0.3) is 0 Å². The van der Waals surface area contributed by atoms with Gasteiger partial charge in [-0.3, -0.25) is 0 Å². The molecule has 0 rings (SSSR count). The van der Waals surface area contributed by atoms with Crippen LogP contribution in [-0.4, -0.2) is 30.6 Å². The molecule has 8 N–H and O–H groups in total. The standard InChI is InChI=1S/C9H22N2.2H3N/c1-4-11(5-2)8-6-7-9(3)10;;/h9H,4-8,10H2,1-3H3;2*1H3. The molecule has 0 aliphatic carbocycles. The van der Waals surface area contributed by atoms with E-state index in [0.717, 1.165) is 19.5 Å². The van der Waals surface area contributed by atoms with E-state index >= 15 is 0 Å². The highest BCUT2D eigenvalue weighted by Crippen LogP contribution is 1.96. The summed E-state index contributed by atoms with van der Waals surface area (Å²) in [6.07, 6.45) is 2.38. The molecule has 0 fully saturated rings. The van der Waals surface area contributed by atoms with E-state index < -0.39 is 0 Å². The second-order valence-electron chi connectivity index (χ2n) is 3.15. The number of nitrogens with zero attached hydrogens (tertiary/aromatic N) is 1. The minimum absolute atomic E-state index is 0. The molecule has 4 heteroatoms. The first-order chi connectivity index (χ1) is 5.20. The predicted octanol–water partition coefficient (Wildman–Crippen LogP) is 1.78. The normalized spacial score (nSPS) is 11.8. The van der Waals surface area contributed by atoms with Gasteiger partial charge in [0, 0.05) is 6.04 Å². The number of rotatable bonds is 6. The van der Waals surface area contributed by atoms with E-state index in [4.69, 9.17) is 5.73 Å².